The van der Waals surface area contributed by atoms with Crippen LogP contribution in [0.3, 0.4) is 0 Å². The maximum absolute atomic E-state index is 3.86. The minimum absolute atomic E-state index is 0.323. The van der Waals surface area contributed by atoms with Gasteiger partial charge < -0.3 is 5.32 Å². The molecule has 1 fully saturated rings. The number of rotatable bonds is 6. The van der Waals surface area contributed by atoms with Gasteiger partial charge in [-0.05, 0) is 29.9 Å². The number of hydrogen-bond donors (Lipinski definition) is 1. The summed E-state index contributed by atoms with van der Waals surface area (Å²) in [5.74, 6) is 0.884. The molecule has 1 N–H and O–H groups in total. The Bertz CT molecular complexity index is 480. The van der Waals surface area contributed by atoms with Crippen LogP contribution in [0.4, 0.5) is 0 Å². The van der Waals surface area contributed by atoms with Gasteiger partial charge in [-0.3, -0.25) is 0 Å². The molecule has 1 saturated carbocycles. The van der Waals surface area contributed by atoms with Crippen LogP contribution in [0.15, 0.2) is 60.7 Å². The normalized spacial score (nSPS) is 21.1. The number of hydrogen-bond acceptors (Lipinski definition) is 1. The molecule has 104 valence electrons. The lowest BCUT2D eigenvalue weighted by Crippen LogP contribution is -2.25. The Kier molecular flexibility index (Phi) is 4.17. The zero-order chi connectivity index (χ0) is 13.8. The van der Waals surface area contributed by atoms with E-state index in [0.29, 0.717) is 12.1 Å². The number of benzene rings is 2. The Morgan fingerprint density at radius 1 is 0.950 bits per heavy atom. The molecule has 0 radical (unpaired) electrons. The molecule has 1 heteroatoms. The second-order valence-electron chi connectivity index (χ2n) is 5.81. The molecule has 1 aliphatic carbocycles. The minimum Gasteiger partial charge on any atom is -0.303 e. The van der Waals surface area contributed by atoms with Crippen LogP contribution >= 0.6 is 0 Å². The predicted octanol–water partition coefficient (Wildman–Crippen LogP) is 4.55. The second-order valence-corrected chi connectivity index (χ2v) is 5.81. The van der Waals surface area contributed by atoms with E-state index in [1.807, 2.05) is 0 Å². The van der Waals surface area contributed by atoms with E-state index in [4.69, 9.17) is 0 Å². The summed E-state index contributed by atoms with van der Waals surface area (Å²) >= 11 is 0. The summed E-state index contributed by atoms with van der Waals surface area (Å²) < 4.78 is 0. The average molecular weight is 265 g/mol. The van der Waals surface area contributed by atoms with Crippen LogP contribution in [0, 0.1) is 5.92 Å². The van der Waals surface area contributed by atoms with Gasteiger partial charge in [0, 0.05) is 6.04 Å². The van der Waals surface area contributed by atoms with Crippen molar-refractivity contribution in [2.24, 2.45) is 5.92 Å². The van der Waals surface area contributed by atoms with Gasteiger partial charge in [-0.15, -0.1) is 0 Å². The average Bonchev–Trinajstić information content (AvgIpc) is 3.25. The van der Waals surface area contributed by atoms with Crippen molar-refractivity contribution in [2.45, 2.75) is 38.3 Å². The molecule has 2 aromatic carbocycles. The molecule has 1 aliphatic rings. The van der Waals surface area contributed by atoms with E-state index in [1.54, 1.807) is 0 Å². The van der Waals surface area contributed by atoms with Gasteiger partial charge in [-0.2, -0.15) is 0 Å². The largest absolute Gasteiger partial charge is 0.303 e. The predicted molar refractivity (Wildman–Crippen MR) is 84.7 cm³/mol. The fourth-order valence-electron chi connectivity index (χ4n) is 3.03. The number of nitrogens with one attached hydrogen (secondary N) is 1. The van der Waals surface area contributed by atoms with Crippen molar-refractivity contribution in [3.63, 3.8) is 0 Å². The van der Waals surface area contributed by atoms with Gasteiger partial charge in [0.05, 0.1) is 6.04 Å². The van der Waals surface area contributed by atoms with Crippen molar-refractivity contribution >= 4 is 0 Å². The standard InChI is InChI=1S/C19H23N/c1-2-9-17-14-18(17)20-19(15-10-5-3-6-11-15)16-12-7-4-8-13-16/h3-8,10-13,17-20H,2,9,14H2,1H3. The molecule has 1 nitrogen and oxygen atoms in total. The third kappa shape index (κ3) is 3.10. The lowest BCUT2D eigenvalue weighted by molar-refractivity contribution is 0.551. The summed E-state index contributed by atoms with van der Waals surface area (Å²) in [6.45, 7) is 2.28. The Morgan fingerprint density at radius 3 is 2.00 bits per heavy atom. The van der Waals surface area contributed by atoms with E-state index in [9.17, 15) is 0 Å². The molecular formula is C19H23N. The Balaban J connectivity index is 1.78. The van der Waals surface area contributed by atoms with E-state index in [2.05, 4.69) is 72.9 Å². The van der Waals surface area contributed by atoms with Crippen molar-refractivity contribution in [1.82, 2.24) is 5.32 Å². The third-order valence-electron chi connectivity index (χ3n) is 4.23. The van der Waals surface area contributed by atoms with E-state index < -0.39 is 0 Å². The summed E-state index contributed by atoms with van der Waals surface area (Å²) in [4.78, 5) is 0. The zero-order valence-electron chi connectivity index (χ0n) is 12.1. The first kappa shape index (κ1) is 13.4. The van der Waals surface area contributed by atoms with E-state index >= 15 is 0 Å². The lowest BCUT2D eigenvalue weighted by Gasteiger charge is -2.20. The van der Waals surface area contributed by atoms with Gasteiger partial charge in [0.25, 0.3) is 0 Å². The topological polar surface area (TPSA) is 12.0 Å². The molecule has 2 aromatic rings. The first-order chi connectivity index (χ1) is 9.88. The first-order valence-electron chi connectivity index (χ1n) is 7.74. The van der Waals surface area contributed by atoms with Gasteiger partial charge in [-0.25, -0.2) is 0 Å². The van der Waals surface area contributed by atoms with Gasteiger partial charge in [0.2, 0.25) is 0 Å². The Morgan fingerprint density at radius 2 is 1.50 bits per heavy atom. The summed E-state index contributed by atoms with van der Waals surface area (Å²) in [7, 11) is 0. The smallest absolute Gasteiger partial charge is 0.0578 e. The SMILES string of the molecule is CCCC1CC1NC(c1ccccc1)c1ccccc1. The van der Waals surface area contributed by atoms with Crippen molar-refractivity contribution in [1.29, 1.82) is 0 Å². The van der Waals surface area contributed by atoms with Crippen molar-refractivity contribution in [3.8, 4) is 0 Å². The van der Waals surface area contributed by atoms with Crippen LogP contribution in [0.1, 0.15) is 43.4 Å². The molecule has 3 rings (SSSR count). The second kappa shape index (κ2) is 6.23. The molecule has 20 heavy (non-hydrogen) atoms. The lowest BCUT2D eigenvalue weighted by atomic mass is 9.98. The highest BCUT2D eigenvalue weighted by Gasteiger charge is 2.37. The summed E-state index contributed by atoms with van der Waals surface area (Å²) in [5, 5.41) is 3.86. The Labute approximate surface area is 122 Å². The van der Waals surface area contributed by atoms with Crippen LogP contribution in [-0.2, 0) is 0 Å². The van der Waals surface area contributed by atoms with E-state index in [0.717, 1.165) is 5.92 Å². The van der Waals surface area contributed by atoms with Gasteiger partial charge in [0.1, 0.15) is 0 Å². The van der Waals surface area contributed by atoms with Gasteiger partial charge in [0.15, 0.2) is 0 Å². The molecule has 0 spiro atoms. The van der Waals surface area contributed by atoms with Crippen molar-refractivity contribution in [2.75, 3.05) is 0 Å². The van der Waals surface area contributed by atoms with Crippen LogP contribution < -0.4 is 5.32 Å². The quantitative estimate of drug-likeness (QED) is 0.807. The summed E-state index contributed by atoms with van der Waals surface area (Å²) in [5.41, 5.74) is 2.72. The Hall–Kier alpha value is -1.60. The third-order valence-corrected chi connectivity index (χ3v) is 4.23. The molecule has 0 amide bonds. The molecule has 2 unspecified atom stereocenters. The van der Waals surface area contributed by atoms with Gasteiger partial charge >= 0.3 is 0 Å². The van der Waals surface area contributed by atoms with Crippen LogP contribution in [0.5, 0.6) is 0 Å². The summed E-state index contributed by atoms with van der Waals surface area (Å²) in [6.07, 6.45) is 3.99. The fourth-order valence-corrected chi connectivity index (χ4v) is 3.03. The maximum atomic E-state index is 3.86. The molecule has 2 atom stereocenters. The van der Waals surface area contributed by atoms with Crippen LogP contribution in [0.2, 0.25) is 0 Å². The fraction of sp³-hybridized carbons (Fsp3) is 0.368. The molecule has 0 aromatic heterocycles. The molecule has 0 aliphatic heterocycles. The summed E-state index contributed by atoms with van der Waals surface area (Å²) in [6, 6.07) is 22.6. The molecule has 0 heterocycles. The zero-order valence-corrected chi connectivity index (χ0v) is 12.1. The highest BCUT2D eigenvalue weighted by molar-refractivity contribution is 5.32. The minimum atomic E-state index is 0.323. The molecular weight excluding hydrogens is 242 g/mol. The first-order valence-corrected chi connectivity index (χ1v) is 7.74. The monoisotopic (exact) mass is 265 g/mol. The highest BCUT2D eigenvalue weighted by Crippen LogP contribution is 2.37. The van der Waals surface area contributed by atoms with Crippen LogP contribution in [0.25, 0.3) is 0 Å². The van der Waals surface area contributed by atoms with Crippen LogP contribution in [-0.4, -0.2) is 6.04 Å². The van der Waals surface area contributed by atoms with Gasteiger partial charge in [-0.1, -0.05) is 74.0 Å². The maximum Gasteiger partial charge on any atom is 0.0578 e. The van der Waals surface area contributed by atoms with E-state index in [-0.39, 0.29) is 0 Å². The van der Waals surface area contributed by atoms with E-state index in [1.165, 1.54) is 30.4 Å². The highest BCUT2D eigenvalue weighted by atomic mass is 15.0. The molecule has 0 bridgehead atoms. The molecule has 0 saturated heterocycles. The van der Waals surface area contributed by atoms with Crippen molar-refractivity contribution < 1.29 is 0 Å². The van der Waals surface area contributed by atoms with Crippen molar-refractivity contribution in [3.05, 3.63) is 71.8 Å².